The summed E-state index contributed by atoms with van der Waals surface area (Å²) >= 11 is 0. The summed E-state index contributed by atoms with van der Waals surface area (Å²) < 4.78 is 5.24. The van der Waals surface area contributed by atoms with Crippen molar-refractivity contribution in [1.82, 2.24) is 10.2 Å². The van der Waals surface area contributed by atoms with Crippen molar-refractivity contribution in [3.8, 4) is 0 Å². The second kappa shape index (κ2) is 8.06. The van der Waals surface area contributed by atoms with Crippen LogP contribution in [-0.2, 0) is 4.74 Å². The number of nitrogens with zero attached hydrogens (tertiary/aromatic N) is 1. The first-order valence-electron chi connectivity index (χ1n) is 7.20. The van der Waals surface area contributed by atoms with E-state index in [9.17, 15) is 0 Å². The van der Waals surface area contributed by atoms with Crippen LogP contribution in [0.15, 0.2) is 0 Å². The van der Waals surface area contributed by atoms with Gasteiger partial charge in [0.25, 0.3) is 0 Å². The first-order valence-corrected chi connectivity index (χ1v) is 7.20. The van der Waals surface area contributed by atoms with Crippen molar-refractivity contribution in [2.24, 2.45) is 0 Å². The smallest absolute Gasteiger partial charge is 0.0589 e. The highest BCUT2D eigenvalue weighted by atomic mass is 16.5. The zero-order valence-corrected chi connectivity index (χ0v) is 12.0. The molecule has 0 aromatic heterocycles. The van der Waals surface area contributed by atoms with Crippen molar-refractivity contribution in [3.05, 3.63) is 0 Å². The Morgan fingerprint density at radius 2 is 2.00 bits per heavy atom. The molecule has 0 aromatic carbocycles. The van der Waals surface area contributed by atoms with E-state index in [2.05, 4.69) is 31.0 Å². The van der Waals surface area contributed by atoms with E-state index in [1.807, 2.05) is 0 Å². The molecule has 1 rings (SSSR count). The molecule has 0 heterocycles. The number of rotatable bonds is 10. The van der Waals surface area contributed by atoms with E-state index < -0.39 is 0 Å². The molecule has 1 aliphatic rings. The second-order valence-electron chi connectivity index (χ2n) is 5.23. The minimum absolute atomic E-state index is 0.649. The molecule has 3 nitrogen and oxygen atoms in total. The molecule has 1 aliphatic carbocycles. The summed E-state index contributed by atoms with van der Waals surface area (Å²) in [6.07, 6.45) is 5.17. The number of nitrogens with one attached hydrogen (secondary N) is 1. The minimum atomic E-state index is 0.649. The van der Waals surface area contributed by atoms with E-state index in [0.717, 1.165) is 25.7 Å². The van der Waals surface area contributed by atoms with Crippen molar-refractivity contribution in [1.29, 1.82) is 0 Å². The maximum absolute atomic E-state index is 5.24. The van der Waals surface area contributed by atoms with Crippen LogP contribution in [0.25, 0.3) is 0 Å². The van der Waals surface area contributed by atoms with Crippen molar-refractivity contribution in [2.45, 2.75) is 64.6 Å². The van der Waals surface area contributed by atoms with E-state index in [1.54, 1.807) is 7.11 Å². The van der Waals surface area contributed by atoms with Crippen molar-refractivity contribution < 1.29 is 4.74 Å². The summed E-state index contributed by atoms with van der Waals surface area (Å²) in [5.74, 6) is 0. The predicted octanol–water partition coefficient (Wildman–Crippen LogP) is 2.26. The highest BCUT2D eigenvalue weighted by molar-refractivity contribution is 4.85. The van der Waals surface area contributed by atoms with Crippen molar-refractivity contribution in [3.63, 3.8) is 0 Å². The second-order valence-corrected chi connectivity index (χ2v) is 5.23. The highest BCUT2D eigenvalue weighted by Gasteiger charge is 2.25. The molecule has 0 amide bonds. The third-order valence-corrected chi connectivity index (χ3v) is 3.87. The van der Waals surface area contributed by atoms with Crippen LogP contribution in [-0.4, -0.2) is 49.8 Å². The molecule has 0 radical (unpaired) electrons. The van der Waals surface area contributed by atoms with E-state index >= 15 is 0 Å². The summed E-state index contributed by atoms with van der Waals surface area (Å²) in [5.41, 5.74) is 0. The van der Waals surface area contributed by atoms with Gasteiger partial charge in [0.15, 0.2) is 0 Å². The lowest BCUT2D eigenvalue weighted by molar-refractivity contribution is 0.0851. The van der Waals surface area contributed by atoms with Gasteiger partial charge in [-0.25, -0.2) is 0 Å². The topological polar surface area (TPSA) is 24.5 Å². The fourth-order valence-electron chi connectivity index (χ4n) is 2.28. The highest BCUT2D eigenvalue weighted by Crippen LogP contribution is 2.19. The van der Waals surface area contributed by atoms with Gasteiger partial charge >= 0.3 is 0 Å². The molecule has 2 unspecified atom stereocenters. The molecule has 1 saturated carbocycles. The zero-order chi connectivity index (χ0) is 12.7. The average Bonchev–Trinajstić information content (AvgIpc) is 3.16. The Labute approximate surface area is 107 Å². The van der Waals surface area contributed by atoms with Crippen LogP contribution >= 0.6 is 0 Å². The first kappa shape index (κ1) is 14.9. The van der Waals surface area contributed by atoms with E-state index in [0.29, 0.717) is 12.1 Å². The quantitative estimate of drug-likeness (QED) is 0.636. The van der Waals surface area contributed by atoms with Crippen LogP contribution in [0.5, 0.6) is 0 Å². The monoisotopic (exact) mass is 242 g/mol. The van der Waals surface area contributed by atoms with Gasteiger partial charge in [-0.3, -0.25) is 4.90 Å². The Morgan fingerprint density at radius 1 is 1.29 bits per heavy atom. The molecule has 17 heavy (non-hydrogen) atoms. The maximum Gasteiger partial charge on any atom is 0.0589 e. The fourth-order valence-corrected chi connectivity index (χ4v) is 2.28. The van der Waals surface area contributed by atoms with E-state index in [-0.39, 0.29) is 0 Å². The Balaban J connectivity index is 2.42. The lowest BCUT2D eigenvalue weighted by Crippen LogP contribution is -2.48. The molecule has 3 heteroatoms. The minimum Gasteiger partial charge on any atom is -0.383 e. The fraction of sp³-hybridized carbons (Fsp3) is 1.00. The standard InChI is InChI=1S/C14H30N2O/c1-5-12(3)16(9-10-17-4)14(6-2)11-15-13-7-8-13/h12-15H,5-11H2,1-4H3. The Hall–Kier alpha value is -0.120. The molecule has 0 spiro atoms. The van der Waals surface area contributed by atoms with Crippen LogP contribution in [0, 0.1) is 0 Å². The molecule has 0 bridgehead atoms. The SMILES string of the molecule is CCC(C)N(CCOC)C(CC)CNC1CC1. The van der Waals surface area contributed by atoms with Gasteiger partial charge in [0.1, 0.15) is 0 Å². The van der Waals surface area contributed by atoms with E-state index in [4.69, 9.17) is 4.74 Å². The molecule has 0 aliphatic heterocycles. The normalized spacial score (nSPS) is 19.6. The van der Waals surface area contributed by atoms with Gasteiger partial charge < -0.3 is 10.1 Å². The van der Waals surface area contributed by atoms with Gasteiger partial charge in [-0.2, -0.15) is 0 Å². The Morgan fingerprint density at radius 3 is 2.47 bits per heavy atom. The molecule has 1 N–H and O–H groups in total. The maximum atomic E-state index is 5.24. The summed E-state index contributed by atoms with van der Waals surface area (Å²) in [7, 11) is 1.79. The largest absolute Gasteiger partial charge is 0.383 e. The number of methoxy groups -OCH3 is 1. The lowest BCUT2D eigenvalue weighted by Gasteiger charge is -2.36. The van der Waals surface area contributed by atoms with Crippen LogP contribution in [0.2, 0.25) is 0 Å². The van der Waals surface area contributed by atoms with Crippen LogP contribution in [0.4, 0.5) is 0 Å². The van der Waals surface area contributed by atoms with Gasteiger partial charge in [0.05, 0.1) is 6.61 Å². The van der Waals surface area contributed by atoms with Gasteiger partial charge in [-0.05, 0) is 32.6 Å². The first-order chi connectivity index (χ1) is 8.22. The summed E-state index contributed by atoms with van der Waals surface area (Å²) in [6, 6.07) is 2.11. The van der Waals surface area contributed by atoms with Crippen LogP contribution < -0.4 is 5.32 Å². The predicted molar refractivity (Wildman–Crippen MR) is 73.4 cm³/mol. The van der Waals surface area contributed by atoms with E-state index in [1.165, 1.54) is 25.7 Å². The number of hydrogen-bond donors (Lipinski definition) is 1. The zero-order valence-electron chi connectivity index (χ0n) is 12.0. The Kier molecular flexibility index (Phi) is 7.09. The van der Waals surface area contributed by atoms with Gasteiger partial charge in [-0.1, -0.05) is 13.8 Å². The summed E-state index contributed by atoms with van der Waals surface area (Å²) in [6.45, 7) is 9.91. The van der Waals surface area contributed by atoms with Crippen molar-refractivity contribution in [2.75, 3.05) is 26.8 Å². The third-order valence-electron chi connectivity index (χ3n) is 3.87. The van der Waals surface area contributed by atoms with Gasteiger partial charge in [0.2, 0.25) is 0 Å². The molecule has 102 valence electrons. The molecular formula is C14H30N2O. The average molecular weight is 242 g/mol. The Bertz CT molecular complexity index is 195. The molecular weight excluding hydrogens is 212 g/mol. The third kappa shape index (κ3) is 5.36. The number of hydrogen-bond acceptors (Lipinski definition) is 3. The molecule has 0 aromatic rings. The van der Waals surface area contributed by atoms with Crippen molar-refractivity contribution >= 4 is 0 Å². The van der Waals surface area contributed by atoms with Gasteiger partial charge in [-0.15, -0.1) is 0 Å². The summed E-state index contributed by atoms with van der Waals surface area (Å²) in [4.78, 5) is 2.61. The van der Waals surface area contributed by atoms with Crippen LogP contribution in [0.1, 0.15) is 46.5 Å². The lowest BCUT2D eigenvalue weighted by atomic mass is 10.1. The van der Waals surface area contributed by atoms with Crippen LogP contribution in [0.3, 0.4) is 0 Å². The summed E-state index contributed by atoms with van der Waals surface area (Å²) in [5, 5.41) is 3.66. The molecule has 0 saturated heterocycles. The number of ether oxygens (including phenoxy) is 1. The molecule has 2 atom stereocenters. The van der Waals surface area contributed by atoms with Gasteiger partial charge in [0, 0.05) is 38.3 Å². The molecule has 1 fully saturated rings.